The smallest absolute Gasteiger partial charge is 0.303 e. The van der Waals surface area contributed by atoms with Gasteiger partial charge in [-0.15, -0.1) is 0 Å². The fourth-order valence-electron chi connectivity index (χ4n) is 2.65. The van der Waals surface area contributed by atoms with E-state index in [0.29, 0.717) is 38.6 Å². The van der Waals surface area contributed by atoms with E-state index in [1.54, 1.807) is 7.05 Å². The van der Waals surface area contributed by atoms with Crippen LogP contribution in [0.1, 0.15) is 44.9 Å². The number of aliphatic carboxylic acids is 1. The van der Waals surface area contributed by atoms with E-state index in [9.17, 15) is 14.4 Å². The number of hydrogen-bond acceptors (Lipinski definition) is 5. The largest absolute Gasteiger partial charge is 0.481 e. The van der Waals surface area contributed by atoms with Crippen LogP contribution in [0, 0.1) is 0 Å². The topological polar surface area (TPSA) is 96.3 Å². The second kappa shape index (κ2) is 7.89. The number of rotatable bonds is 7. The maximum atomic E-state index is 12.1. The van der Waals surface area contributed by atoms with Crippen molar-refractivity contribution in [2.24, 2.45) is 5.16 Å². The van der Waals surface area contributed by atoms with Gasteiger partial charge in [0.05, 0.1) is 12.1 Å². The minimum atomic E-state index is -0.859. The average Bonchev–Trinajstić information content (AvgIpc) is 2.96. The first-order chi connectivity index (χ1) is 11.0. The molecule has 23 heavy (non-hydrogen) atoms. The monoisotopic (exact) mass is 322 g/mol. The zero-order valence-electron chi connectivity index (χ0n) is 13.3. The molecule has 1 unspecified atom stereocenters. The van der Waals surface area contributed by atoms with Crippen LogP contribution < -0.4 is 0 Å². The molecule has 2 rings (SSSR count). The molecule has 0 fully saturated rings. The Morgan fingerprint density at radius 3 is 2.87 bits per heavy atom. The Morgan fingerprint density at radius 1 is 1.43 bits per heavy atom. The van der Waals surface area contributed by atoms with E-state index in [1.165, 1.54) is 4.90 Å². The van der Waals surface area contributed by atoms with Gasteiger partial charge >= 0.3 is 5.97 Å². The number of oxime groups is 1. The van der Waals surface area contributed by atoms with Crippen LogP contribution in [0.3, 0.4) is 0 Å². The number of hydrogen-bond donors (Lipinski definition) is 1. The Kier molecular flexibility index (Phi) is 5.90. The average molecular weight is 322 g/mol. The Bertz CT molecular complexity index is 553. The minimum absolute atomic E-state index is 0.0533. The van der Waals surface area contributed by atoms with Gasteiger partial charge in [0, 0.05) is 39.3 Å². The van der Waals surface area contributed by atoms with Crippen molar-refractivity contribution in [3.63, 3.8) is 0 Å². The molecule has 0 aromatic heterocycles. The van der Waals surface area contributed by atoms with Gasteiger partial charge in [-0.3, -0.25) is 14.4 Å². The van der Waals surface area contributed by atoms with Crippen LogP contribution in [0.5, 0.6) is 0 Å². The number of carboxylic acids is 1. The number of carbonyl (C=O) groups excluding carboxylic acids is 2. The summed E-state index contributed by atoms with van der Waals surface area (Å²) >= 11 is 0. The number of ketones is 1. The van der Waals surface area contributed by atoms with Crippen LogP contribution in [-0.2, 0) is 19.2 Å². The van der Waals surface area contributed by atoms with Crippen molar-refractivity contribution in [2.75, 3.05) is 13.6 Å². The van der Waals surface area contributed by atoms with Gasteiger partial charge in [0.25, 0.3) is 0 Å². The molecule has 0 saturated heterocycles. The molecule has 1 atom stereocenters. The fraction of sp³-hybridized carbons (Fsp3) is 0.625. The summed E-state index contributed by atoms with van der Waals surface area (Å²) in [5, 5.41) is 12.7. The zero-order chi connectivity index (χ0) is 16.8. The van der Waals surface area contributed by atoms with E-state index in [1.807, 2.05) is 6.08 Å². The van der Waals surface area contributed by atoms with Gasteiger partial charge in [-0.2, -0.15) is 0 Å². The maximum absolute atomic E-state index is 12.1. The highest BCUT2D eigenvalue weighted by Gasteiger charge is 2.28. The Labute approximate surface area is 135 Å². The summed E-state index contributed by atoms with van der Waals surface area (Å²) < 4.78 is 0. The predicted molar refractivity (Wildman–Crippen MR) is 83.0 cm³/mol. The Morgan fingerprint density at radius 2 is 2.22 bits per heavy atom. The van der Waals surface area contributed by atoms with Gasteiger partial charge < -0.3 is 14.8 Å². The van der Waals surface area contributed by atoms with E-state index >= 15 is 0 Å². The zero-order valence-corrected chi connectivity index (χ0v) is 13.3. The Balaban J connectivity index is 1.74. The molecule has 1 aliphatic carbocycles. The summed E-state index contributed by atoms with van der Waals surface area (Å²) in [5.74, 6) is -0.699. The summed E-state index contributed by atoms with van der Waals surface area (Å²) in [6.45, 7) is 0.416. The molecule has 0 radical (unpaired) electrons. The molecule has 2 aliphatic rings. The van der Waals surface area contributed by atoms with Crippen LogP contribution in [0.2, 0.25) is 0 Å². The highest BCUT2D eigenvalue weighted by atomic mass is 16.6. The molecule has 1 heterocycles. The number of nitrogens with zero attached hydrogens (tertiary/aromatic N) is 2. The molecular weight excluding hydrogens is 300 g/mol. The van der Waals surface area contributed by atoms with Gasteiger partial charge in [0.1, 0.15) is 11.9 Å². The lowest BCUT2D eigenvalue weighted by molar-refractivity contribution is -0.138. The number of carboxylic acid groups (broad SMARTS) is 1. The third-order valence-corrected chi connectivity index (χ3v) is 4.07. The first kappa shape index (κ1) is 17.2. The van der Waals surface area contributed by atoms with Crippen molar-refractivity contribution >= 4 is 23.4 Å². The molecule has 0 spiro atoms. The molecule has 1 N–H and O–H groups in total. The van der Waals surface area contributed by atoms with Gasteiger partial charge in [0.15, 0.2) is 0 Å². The molecule has 1 aliphatic heterocycles. The lowest BCUT2D eigenvalue weighted by atomic mass is 9.92. The van der Waals surface area contributed by atoms with Gasteiger partial charge in [-0.25, -0.2) is 0 Å². The third-order valence-electron chi connectivity index (χ3n) is 4.07. The van der Waals surface area contributed by atoms with Crippen LogP contribution in [-0.4, -0.2) is 53.1 Å². The summed E-state index contributed by atoms with van der Waals surface area (Å²) in [4.78, 5) is 40.7. The summed E-state index contributed by atoms with van der Waals surface area (Å²) in [5.41, 5.74) is 1.89. The van der Waals surface area contributed by atoms with Crippen LogP contribution in [0.25, 0.3) is 0 Å². The number of amides is 1. The predicted octanol–water partition coefficient (Wildman–Crippen LogP) is 1.52. The van der Waals surface area contributed by atoms with Crippen molar-refractivity contribution in [1.29, 1.82) is 0 Å². The molecule has 0 aromatic carbocycles. The van der Waals surface area contributed by atoms with Gasteiger partial charge in [0.2, 0.25) is 5.91 Å². The number of allylic oxidation sites excluding steroid dienone is 2. The van der Waals surface area contributed by atoms with Crippen molar-refractivity contribution in [2.45, 2.75) is 51.0 Å². The van der Waals surface area contributed by atoms with E-state index in [4.69, 9.17) is 9.94 Å². The minimum Gasteiger partial charge on any atom is -0.481 e. The van der Waals surface area contributed by atoms with Crippen LogP contribution in [0.4, 0.5) is 0 Å². The van der Waals surface area contributed by atoms with Crippen molar-refractivity contribution in [1.82, 2.24) is 4.90 Å². The summed E-state index contributed by atoms with van der Waals surface area (Å²) in [6.07, 6.45) is 4.59. The molecule has 0 saturated carbocycles. The first-order valence-electron chi connectivity index (χ1n) is 7.85. The molecule has 7 nitrogen and oxygen atoms in total. The van der Waals surface area contributed by atoms with E-state index < -0.39 is 5.97 Å². The summed E-state index contributed by atoms with van der Waals surface area (Å²) in [6, 6.07) is 0. The van der Waals surface area contributed by atoms with E-state index in [2.05, 4.69) is 5.16 Å². The second-order valence-electron chi connectivity index (χ2n) is 5.96. The second-order valence-corrected chi connectivity index (χ2v) is 5.96. The molecular formula is C16H22N2O5. The molecule has 0 aromatic rings. The molecule has 1 amide bonds. The normalized spacial score (nSPS) is 20.6. The first-order valence-corrected chi connectivity index (χ1v) is 7.85. The maximum Gasteiger partial charge on any atom is 0.303 e. The highest BCUT2D eigenvalue weighted by molar-refractivity contribution is 6.03. The highest BCUT2D eigenvalue weighted by Crippen LogP contribution is 2.24. The standard InChI is InChI=1S/C16H22N2O5/c1-18(8-2-3-16(21)22)15(20)10-13-9-14(17-23-13)11-4-6-12(19)7-5-11/h4,13H,2-3,5-10H2,1H3,(H,21,22). The van der Waals surface area contributed by atoms with Gasteiger partial charge in [-0.05, 0) is 18.4 Å². The Hall–Kier alpha value is -2.18. The lowest BCUT2D eigenvalue weighted by Crippen LogP contribution is -2.31. The van der Waals surface area contributed by atoms with Crippen molar-refractivity contribution in [3.8, 4) is 0 Å². The third kappa shape index (κ3) is 5.19. The summed E-state index contributed by atoms with van der Waals surface area (Å²) in [7, 11) is 1.66. The lowest BCUT2D eigenvalue weighted by Gasteiger charge is -2.18. The quantitative estimate of drug-likeness (QED) is 0.766. The van der Waals surface area contributed by atoms with E-state index in [-0.39, 0.29) is 30.6 Å². The van der Waals surface area contributed by atoms with E-state index in [0.717, 1.165) is 11.3 Å². The SMILES string of the molecule is CN(CCCC(=O)O)C(=O)CC1CC(C2=CCC(=O)CC2)=NO1. The molecule has 0 bridgehead atoms. The number of carbonyl (C=O) groups is 3. The van der Waals surface area contributed by atoms with Crippen molar-refractivity contribution < 1.29 is 24.3 Å². The van der Waals surface area contributed by atoms with Crippen LogP contribution in [0.15, 0.2) is 16.8 Å². The van der Waals surface area contributed by atoms with Gasteiger partial charge in [-0.1, -0.05) is 11.2 Å². The van der Waals surface area contributed by atoms with Crippen molar-refractivity contribution in [3.05, 3.63) is 11.6 Å². The van der Waals surface area contributed by atoms with Crippen LogP contribution >= 0.6 is 0 Å². The molecule has 126 valence electrons. The fourth-order valence-corrected chi connectivity index (χ4v) is 2.65. The molecule has 7 heteroatoms. The number of Topliss-reactive ketones (excluding diaryl/α,β-unsaturated/α-hetero) is 1.